The lowest BCUT2D eigenvalue weighted by Crippen LogP contribution is -2.47. The number of nitrogens with two attached hydrogens (primary N) is 1. The van der Waals surface area contributed by atoms with Gasteiger partial charge in [-0.25, -0.2) is 4.79 Å². The summed E-state index contributed by atoms with van der Waals surface area (Å²) in [5.74, 6) is 0. The highest BCUT2D eigenvalue weighted by Crippen LogP contribution is 2.06. The first kappa shape index (κ1) is 9.32. The average molecular weight is 171 g/mol. The van der Waals surface area contributed by atoms with Gasteiger partial charge in [-0.2, -0.15) is 0 Å². The molecule has 0 atom stereocenters. The maximum atomic E-state index is 11.4. The Morgan fingerprint density at radius 2 is 2.25 bits per heavy atom. The van der Waals surface area contributed by atoms with Gasteiger partial charge in [0.2, 0.25) is 0 Å². The minimum absolute atomic E-state index is 0.148. The van der Waals surface area contributed by atoms with Gasteiger partial charge < -0.3 is 15.5 Å². The van der Waals surface area contributed by atoms with Crippen LogP contribution in [-0.4, -0.2) is 49.1 Å². The van der Waals surface area contributed by atoms with E-state index in [1.807, 2.05) is 11.9 Å². The second-order valence-corrected chi connectivity index (χ2v) is 3.19. The Labute approximate surface area is 73.3 Å². The van der Waals surface area contributed by atoms with Crippen molar-refractivity contribution in [3.8, 4) is 0 Å². The van der Waals surface area contributed by atoms with Gasteiger partial charge in [0.15, 0.2) is 0 Å². The summed E-state index contributed by atoms with van der Waals surface area (Å²) in [5, 5.41) is 0. The molecule has 0 aromatic rings. The molecule has 1 rings (SSSR count). The quantitative estimate of drug-likeness (QED) is 0.654. The van der Waals surface area contributed by atoms with E-state index in [1.165, 1.54) is 0 Å². The van der Waals surface area contributed by atoms with Gasteiger partial charge in [-0.1, -0.05) is 0 Å². The summed E-state index contributed by atoms with van der Waals surface area (Å²) in [6.07, 6.45) is 1.98. The predicted molar refractivity (Wildman–Crippen MR) is 47.9 cm³/mol. The van der Waals surface area contributed by atoms with Gasteiger partial charge in [0.1, 0.15) is 0 Å². The predicted octanol–water partition coefficient (Wildman–Crippen LogP) is 0.0927. The molecule has 1 saturated heterocycles. The van der Waals surface area contributed by atoms with Gasteiger partial charge in [0.25, 0.3) is 0 Å². The number of rotatable bonds is 3. The molecule has 2 N–H and O–H groups in total. The van der Waals surface area contributed by atoms with Gasteiger partial charge in [-0.15, -0.1) is 0 Å². The van der Waals surface area contributed by atoms with E-state index in [4.69, 9.17) is 5.73 Å². The molecular weight excluding hydrogens is 154 g/mol. The lowest BCUT2D eigenvalue weighted by atomic mass is 10.3. The Morgan fingerprint density at radius 3 is 2.92 bits per heavy atom. The first-order valence-electron chi connectivity index (χ1n) is 4.46. The van der Waals surface area contributed by atoms with Crippen molar-refractivity contribution in [2.24, 2.45) is 5.73 Å². The van der Waals surface area contributed by atoms with Crippen LogP contribution in [0.2, 0.25) is 0 Å². The van der Waals surface area contributed by atoms with Crippen LogP contribution >= 0.6 is 0 Å². The Balaban J connectivity index is 2.36. The third kappa shape index (κ3) is 2.11. The minimum Gasteiger partial charge on any atom is -0.330 e. The van der Waals surface area contributed by atoms with E-state index in [1.54, 1.807) is 4.90 Å². The summed E-state index contributed by atoms with van der Waals surface area (Å²) in [6.45, 7) is 3.24. The van der Waals surface area contributed by atoms with Crippen molar-refractivity contribution in [3.63, 3.8) is 0 Å². The number of carbonyl (C=O) groups is 1. The first-order valence-corrected chi connectivity index (χ1v) is 4.46. The second kappa shape index (κ2) is 4.30. The van der Waals surface area contributed by atoms with Crippen LogP contribution < -0.4 is 5.73 Å². The van der Waals surface area contributed by atoms with Crippen molar-refractivity contribution in [1.29, 1.82) is 0 Å². The Hall–Kier alpha value is -0.770. The highest BCUT2D eigenvalue weighted by Gasteiger charge is 2.21. The molecule has 1 aliphatic rings. The summed E-state index contributed by atoms with van der Waals surface area (Å²) >= 11 is 0. The maximum Gasteiger partial charge on any atom is 0.319 e. The molecule has 0 bridgehead atoms. The Morgan fingerprint density at radius 1 is 1.50 bits per heavy atom. The second-order valence-electron chi connectivity index (χ2n) is 3.19. The molecule has 2 amide bonds. The van der Waals surface area contributed by atoms with Crippen LogP contribution in [0, 0.1) is 0 Å². The largest absolute Gasteiger partial charge is 0.330 e. The molecular formula is C8H17N3O. The van der Waals surface area contributed by atoms with E-state index in [2.05, 4.69) is 0 Å². The monoisotopic (exact) mass is 171 g/mol. The summed E-state index contributed by atoms with van der Waals surface area (Å²) in [6, 6.07) is 0.148. The van der Waals surface area contributed by atoms with Gasteiger partial charge in [-0.05, 0) is 19.4 Å². The molecule has 0 spiro atoms. The van der Waals surface area contributed by atoms with Crippen LogP contribution in [0.5, 0.6) is 0 Å². The van der Waals surface area contributed by atoms with Crippen LogP contribution in [0.15, 0.2) is 0 Å². The highest BCUT2D eigenvalue weighted by molar-refractivity contribution is 5.74. The van der Waals surface area contributed by atoms with E-state index >= 15 is 0 Å². The normalized spacial score (nSPS) is 18.7. The number of urea groups is 1. The average Bonchev–Trinajstić information content (AvgIpc) is 2.08. The number of amides is 2. The van der Waals surface area contributed by atoms with Crippen LogP contribution in [-0.2, 0) is 0 Å². The standard InChI is InChI=1S/C8H17N3O/c1-10-5-3-7-11(8(10)12)6-2-4-9/h2-7,9H2,1H3. The van der Waals surface area contributed by atoms with E-state index in [9.17, 15) is 4.79 Å². The smallest absolute Gasteiger partial charge is 0.319 e. The van der Waals surface area contributed by atoms with E-state index in [-0.39, 0.29) is 6.03 Å². The van der Waals surface area contributed by atoms with Crippen molar-refractivity contribution >= 4 is 6.03 Å². The summed E-state index contributed by atoms with van der Waals surface area (Å²) in [4.78, 5) is 15.1. The molecule has 1 fully saturated rings. The zero-order valence-corrected chi connectivity index (χ0v) is 7.62. The maximum absolute atomic E-state index is 11.4. The fourth-order valence-electron chi connectivity index (χ4n) is 1.42. The van der Waals surface area contributed by atoms with Crippen LogP contribution in [0.3, 0.4) is 0 Å². The van der Waals surface area contributed by atoms with Crippen molar-refractivity contribution in [1.82, 2.24) is 9.80 Å². The van der Waals surface area contributed by atoms with Gasteiger partial charge in [-0.3, -0.25) is 0 Å². The summed E-state index contributed by atoms with van der Waals surface area (Å²) < 4.78 is 0. The molecule has 70 valence electrons. The van der Waals surface area contributed by atoms with Crippen molar-refractivity contribution in [2.75, 3.05) is 33.2 Å². The highest BCUT2D eigenvalue weighted by atomic mass is 16.2. The van der Waals surface area contributed by atoms with Gasteiger partial charge >= 0.3 is 6.03 Å². The van der Waals surface area contributed by atoms with Crippen LogP contribution in [0.25, 0.3) is 0 Å². The molecule has 0 aliphatic carbocycles. The minimum atomic E-state index is 0.148. The van der Waals surface area contributed by atoms with E-state index in [0.29, 0.717) is 6.54 Å². The van der Waals surface area contributed by atoms with Gasteiger partial charge in [0, 0.05) is 26.7 Å². The van der Waals surface area contributed by atoms with Crippen LogP contribution in [0.1, 0.15) is 12.8 Å². The molecule has 0 aromatic heterocycles. The molecule has 1 aliphatic heterocycles. The summed E-state index contributed by atoms with van der Waals surface area (Å²) in [5.41, 5.74) is 5.37. The Kier molecular flexibility index (Phi) is 3.34. The lowest BCUT2D eigenvalue weighted by molar-refractivity contribution is 0.141. The summed E-state index contributed by atoms with van der Waals surface area (Å²) in [7, 11) is 1.84. The fourth-order valence-corrected chi connectivity index (χ4v) is 1.42. The van der Waals surface area contributed by atoms with E-state index in [0.717, 1.165) is 32.5 Å². The van der Waals surface area contributed by atoms with Crippen LogP contribution in [0.4, 0.5) is 4.79 Å². The first-order chi connectivity index (χ1) is 5.75. The topological polar surface area (TPSA) is 49.6 Å². The third-order valence-corrected chi connectivity index (χ3v) is 2.15. The zero-order chi connectivity index (χ0) is 8.97. The molecule has 1 heterocycles. The third-order valence-electron chi connectivity index (χ3n) is 2.15. The number of carbonyl (C=O) groups excluding carboxylic acids is 1. The SMILES string of the molecule is CN1CCCN(CCCN)C1=O. The van der Waals surface area contributed by atoms with E-state index < -0.39 is 0 Å². The molecule has 4 heteroatoms. The lowest BCUT2D eigenvalue weighted by Gasteiger charge is -2.33. The molecule has 4 nitrogen and oxygen atoms in total. The fraction of sp³-hybridized carbons (Fsp3) is 0.875. The number of nitrogens with zero attached hydrogens (tertiary/aromatic N) is 2. The molecule has 0 radical (unpaired) electrons. The molecule has 0 aromatic carbocycles. The zero-order valence-electron chi connectivity index (χ0n) is 7.62. The number of hydrogen-bond acceptors (Lipinski definition) is 2. The van der Waals surface area contributed by atoms with Crippen molar-refractivity contribution in [2.45, 2.75) is 12.8 Å². The number of hydrogen-bond donors (Lipinski definition) is 1. The molecule has 12 heavy (non-hydrogen) atoms. The van der Waals surface area contributed by atoms with Gasteiger partial charge in [0.05, 0.1) is 0 Å². The van der Waals surface area contributed by atoms with Crippen molar-refractivity contribution < 1.29 is 4.79 Å². The Bertz CT molecular complexity index is 160. The molecule has 0 unspecified atom stereocenters. The van der Waals surface area contributed by atoms with Crippen molar-refractivity contribution in [3.05, 3.63) is 0 Å². The molecule has 0 saturated carbocycles.